The van der Waals surface area contributed by atoms with Crippen LogP contribution in [0.5, 0.6) is 0 Å². The van der Waals surface area contributed by atoms with Gasteiger partial charge < -0.3 is 0 Å². The summed E-state index contributed by atoms with van der Waals surface area (Å²) in [5, 5.41) is 0. The second-order valence-corrected chi connectivity index (χ2v) is 8.09. The largest absolute Gasteiger partial charge is 0.257 e. The molecule has 2 aromatic carbocycles. The Morgan fingerprint density at radius 2 is 1.19 bits per heavy atom. The van der Waals surface area contributed by atoms with Crippen molar-refractivity contribution >= 4 is 0 Å². The molecule has 0 aliphatic heterocycles. The summed E-state index contributed by atoms with van der Waals surface area (Å²) < 4.78 is 0. The molecule has 2 nitrogen and oxygen atoms in total. The van der Waals surface area contributed by atoms with Gasteiger partial charge in [0.05, 0.1) is 23.3 Å². The van der Waals surface area contributed by atoms with Crippen LogP contribution in [-0.4, -0.2) is 9.97 Å². The van der Waals surface area contributed by atoms with Gasteiger partial charge in [0.15, 0.2) is 0 Å². The van der Waals surface area contributed by atoms with E-state index in [0.717, 1.165) is 22.6 Å². The third-order valence-corrected chi connectivity index (χ3v) is 5.44. The van der Waals surface area contributed by atoms with Crippen molar-refractivity contribution in [2.75, 3.05) is 0 Å². The summed E-state index contributed by atoms with van der Waals surface area (Å²) in [5.41, 5.74) is 10.9. The van der Waals surface area contributed by atoms with Gasteiger partial charge in [0.25, 0.3) is 0 Å². The normalized spacial score (nSPS) is 11.4. The van der Waals surface area contributed by atoms with Crippen LogP contribution in [0, 0.1) is 20.8 Å². The Bertz CT molecular complexity index is 922. The Morgan fingerprint density at radius 1 is 0.667 bits per heavy atom. The zero-order chi connectivity index (χ0) is 19.7. The van der Waals surface area contributed by atoms with Gasteiger partial charge in [-0.1, -0.05) is 64.1 Å². The summed E-state index contributed by atoms with van der Waals surface area (Å²) in [4.78, 5) is 9.11. The molecule has 3 rings (SSSR count). The summed E-state index contributed by atoms with van der Waals surface area (Å²) in [6.45, 7) is 15.4. The molecule has 3 aromatic rings. The maximum absolute atomic E-state index is 4.67. The van der Waals surface area contributed by atoms with Crippen LogP contribution in [-0.2, 0) is 0 Å². The van der Waals surface area contributed by atoms with E-state index >= 15 is 0 Å². The minimum absolute atomic E-state index is 0.521. The van der Waals surface area contributed by atoms with Crippen molar-refractivity contribution in [2.24, 2.45) is 0 Å². The number of hydrogen-bond acceptors (Lipinski definition) is 2. The first-order chi connectivity index (χ1) is 12.8. The van der Waals surface area contributed by atoms with E-state index in [-0.39, 0.29) is 0 Å². The second kappa shape index (κ2) is 7.64. The Morgan fingerprint density at radius 3 is 1.67 bits per heavy atom. The van der Waals surface area contributed by atoms with Gasteiger partial charge >= 0.3 is 0 Å². The minimum Gasteiger partial charge on any atom is -0.257 e. The number of rotatable bonds is 4. The van der Waals surface area contributed by atoms with Crippen molar-refractivity contribution in [2.45, 2.75) is 60.3 Å². The molecule has 0 amide bonds. The van der Waals surface area contributed by atoms with E-state index in [1.807, 2.05) is 20.0 Å². The van der Waals surface area contributed by atoms with Crippen molar-refractivity contribution in [3.05, 3.63) is 70.7 Å². The predicted octanol–water partition coefficient (Wildman–Crippen LogP) is 6.98. The monoisotopic (exact) mass is 358 g/mol. The Labute approximate surface area is 163 Å². The maximum atomic E-state index is 4.67. The van der Waals surface area contributed by atoms with Crippen LogP contribution >= 0.6 is 0 Å². The van der Waals surface area contributed by atoms with Gasteiger partial charge in [0.1, 0.15) is 0 Å². The molecule has 0 aliphatic rings. The molecule has 0 saturated heterocycles. The van der Waals surface area contributed by atoms with Crippen molar-refractivity contribution in [1.82, 2.24) is 9.97 Å². The molecule has 0 radical (unpaired) electrons. The quantitative estimate of drug-likeness (QED) is 0.502. The van der Waals surface area contributed by atoms with Crippen molar-refractivity contribution in [1.29, 1.82) is 0 Å². The third-order valence-electron chi connectivity index (χ3n) is 5.44. The minimum atomic E-state index is 0.521. The predicted molar refractivity (Wildman–Crippen MR) is 115 cm³/mol. The van der Waals surface area contributed by atoms with E-state index in [4.69, 9.17) is 0 Å². The molecule has 1 heterocycles. The fraction of sp³-hybridized carbons (Fsp3) is 0.360. The highest BCUT2D eigenvalue weighted by atomic mass is 14.8. The van der Waals surface area contributed by atoms with Gasteiger partial charge in [0, 0.05) is 5.56 Å². The summed E-state index contributed by atoms with van der Waals surface area (Å²) in [6, 6.07) is 13.4. The number of hydrogen-bond donors (Lipinski definition) is 0. The molecule has 0 atom stereocenters. The number of aromatic nitrogens is 2. The first kappa shape index (κ1) is 19.3. The molecular formula is C25H30N2. The molecule has 0 aliphatic carbocycles. The Hall–Kier alpha value is -2.48. The molecule has 0 bridgehead atoms. The zero-order valence-corrected chi connectivity index (χ0v) is 17.6. The summed E-state index contributed by atoms with van der Waals surface area (Å²) in [5.74, 6) is 1.04. The van der Waals surface area contributed by atoms with E-state index in [0.29, 0.717) is 11.8 Å². The van der Waals surface area contributed by atoms with Crippen LogP contribution < -0.4 is 0 Å². The molecule has 140 valence electrons. The van der Waals surface area contributed by atoms with Crippen LogP contribution in [0.15, 0.2) is 42.6 Å². The van der Waals surface area contributed by atoms with E-state index in [2.05, 4.69) is 81.0 Å². The van der Waals surface area contributed by atoms with Gasteiger partial charge in [-0.15, -0.1) is 0 Å². The van der Waals surface area contributed by atoms with Crippen LogP contribution in [0.4, 0.5) is 0 Å². The first-order valence-electron chi connectivity index (χ1n) is 9.83. The van der Waals surface area contributed by atoms with Gasteiger partial charge in [-0.25, -0.2) is 4.98 Å². The summed E-state index contributed by atoms with van der Waals surface area (Å²) in [7, 11) is 0. The smallest absolute Gasteiger partial charge is 0.0888 e. The van der Waals surface area contributed by atoms with Crippen LogP contribution in [0.2, 0.25) is 0 Å². The van der Waals surface area contributed by atoms with Gasteiger partial charge in [-0.3, -0.25) is 4.98 Å². The van der Waals surface area contributed by atoms with E-state index in [1.54, 1.807) is 0 Å². The fourth-order valence-electron chi connectivity index (χ4n) is 3.64. The molecule has 27 heavy (non-hydrogen) atoms. The van der Waals surface area contributed by atoms with Crippen LogP contribution in [0.25, 0.3) is 22.4 Å². The average molecular weight is 359 g/mol. The number of aryl methyl sites for hydroxylation is 2. The molecular weight excluding hydrogens is 328 g/mol. The summed E-state index contributed by atoms with van der Waals surface area (Å²) in [6.07, 6.45) is 1.86. The second-order valence-electron chi connectivity index (χ2n) is 8.09. The lowest BCUT2D eigenvalue weighted by Crippen LogP contribution is -2.00. The molecule has 0 unspecified atom stereocenters. The lowest BCUT2D eigenvalue weighted by Gasteiger charge is -2.19. The zero-order valence-electron chi connectivity index (χ0n) is 17.6. The number of benzene rings is 2. The highest BCUT2D eigenvalue weighted by Gasteiger charge is 2.13. The molecule has 1 aromatic heterocycles. The van der Waals surface area contributed by atoms with E-state index < -0.39 is 0 Å². The van der Waals surface area contributed by atoms with Gasteiger partial charge in [-0.2, -0.15) is 0 Å². The first-order valence-corrected chi connectivity index (χ1v) is 9.83. The highest BCUT2D eigenvalue weighted by molar-refractivity contribution is 5.70. The van der Waals surface area contributed by atoms with Gasteiger partial charge in [0.2, 0.25) is 0 Å². The molecule has 0 spiro atoms. The van der Waals surface area contributed by atoms with Crippen LogP contribution in [0.3, 0.4) is 0 Å². The van der Waals surface area contributed by atoms with Crippen molar-refractivity contribution < 1.29 is 0 Å². The lowest BCUT2D eigenvalue weighted by molar-refractivity contribution is 0.818. The standard InChI is InChI=1S/C25H30N2/c1-15(2)23-12-22(13-24(16(3)4)17(23)5)20-8-10-21(11-9-20)25-14-26-18(6)19(7)27-25/h8-16H,1-7H3. The molecule has 2 heteroatoms. The summed E-state index contributed by atoms with van der Waals surface area (Å²) >= 11 is 0. The van der Waals surface area contributed by atoms with E-state index in [9.17, 15) is 0 Å². The number of nitrogens with zero attached hydrogens (tertiary/aromatic N) is 2. The Kier molecular flexibility index (Phi) is 5.46. The van der Waals surface area contributed by atoms with E-state index in [1.165, 1.54) is 27.8 Å². The SMILES string of the molecule is Cc1ncc(-c2ccc(-c3cc(C(C)C)c(C)c(C(C)C)c3)cc2)nc1C. The molecule has 0 saturated carbocycles. The molecule has 0 N–H and O–H groups in total. The maximum Gasteiger partial charge on any atom is 0.0888 e. The van der Waals surface area contributed by atoms with Crippen LogP contribution in [0.1, 0.15) is 67.6 Å². The molecule has 0 fully saturated rings. The third kappa shape index (κ3) is 3.95. The van der Waals surface area contributed by atoms with Crippen molar-refractivity contribution in [3.63, 3.8) is 0 Å². The Balaban J connectivity index is 2.03. The van der Waals surface area contributed by atoms with Crippen molar-refractivity contribution in [3.8, 4) is 22.4 Å². The fourth-order valence-corrected chi connectivity index (χ4v) is 3.64. The van der Waals surface area contributed by atoms with Gasteiger partial charge in [-0.05, 0) is 60.4 Å². The average Bonchev–Trinajstić information content (AvgIpc) is 2.64. The lowest BCUT2D eigenvalue weighted by atomic mass is 9.86. The highest BCUT2D eigenvalue weighted by Crippen LogP contribution is 2.33. The topological polar surface area (TPSA) is 25.8 Å².